The van der Waals surface area contributed by atoms with Gasteiger partial charge in [0.25, 0.3) is 5.91 Å². The lowest BCUT2D eigenvalue weighted by Crippen LogP contribution is -2.37. The van der Waals surface area contributed by atoms with Crippen LogP contribution in [0.4, 0.5) is 4.79 Å². The lowest BCUT2D eigenvalue weighted by molar-refractivity contribution is 0.0963. The predicted molar refractivity (Wildman–Crippen MR) is 105 cm³/mol. The SMILES string of the molecule is CNC(=O)c1cccc(CNC(=O)NCC(O)c2cc(OC)ccc2OC)c1. The van der Waals surface area contributed by atoms with Gasteiger partial charge < -0.3 is 30.5 Å². The molecule has 0 aromatic heterocycles. The van der Waals surface area contributed by atoms with Gasteiger partial charge in [0.05, 0.1) is 14.2 Å². The summed E-state index contributed by atoms with van der Waals surface area (Å²) in [6.45, 7) is 0.239. The zero-order valence-corrected chi connectivity index (χ0v) is 16.1. The molecule has 2 rings (SSSR count). The number of aliphatic hydroxyl groups excluding tert-OH is 1. The van der Waals surface area contributed by atoms with Crippen molar-refractivity contribution in [1.29, 1.82) is 0 Å². The van der Waals surface area contributed by atoms with E-state index in [9.17, 15) is 14.7 Å². The second-order valence-corrected chi connectivity index (χ2v) is 5.97. The second-order valence-electron chi connectivity index (χ2n) is 5.97. The first-order chi connectivity index (χ1) is 13.5. The van der Waals surface area contributed by atoms with Gasteiger partial charge in [-0.2, -0.15) is 0 Å². The summed E-state index contributed by atoms with van der Waals surface area (Å²) in [5.41, 5.74) is 1.81. The first-order valence-corrected chi connectivity index (χ1v) is 8.71. The third-order valence-electron chi connectivity index (χ3n) is 4.12. The summed E-state index contributed by atoms with van der Waals surface area (Å²) in [7, 11) is 4.59. The van der Waals surface area contributed by atoms with Crippen molar-refractivity contribution < 1.29 is 24.2 Å². The van der Waals surface area contributed by atoms with Crippen LogP contribution in [-0.2, 0) is 6.54 Å². The summed E-state index contributed by atoms with van der Waals surface area (Å²) >= 11 is 0. The Balaban J connectivity index is 1.90. The Bertz CT molecular complexity index is 825. The number of carbonyl (C=O) groups is 2. The Morgan fingerprint density at radius 3 is 2.54 bits per heavy atom. The maximum atomic E-state index is 12.0. The number of urea groups is 1. The van der Waals surface area contributed by atoms with Crippen LogP contribution in [0.1, 0.15) is 27.6 Å². The van der Waals surface area contributed by atoms with E-state index in [0.717, 1.165) is 5.56 Å². The predicted octanol–water partition coefficient (Wildman–Crippen LogP) is 1.60. The minimum absolute atomic E-state index is 0.00631. The lowest BCUT2D eigenvalue weighted by Gasteiger charge is -2.17. The summed E-state index contributed by atoms with van der Waals surface area (Å²) in [5, 5.41) is 18.2. The fourth-order valence-corrected chi connectivity index (χ4v) is 2.61. The van der Waals surface area contributed by atoms with Gasteiger partial charge in [-0.15, -0.1) is 0 Å². The lowest BCUT2D eigenvalue weighted by atomic mass is 10.1. The van der Waals surface area contributed by atoms with E-state index < -0.39 is 12.1 Å². The quantitative estimate of drug-likeness (QED) is 0.550. The maximum Gasteiger partial charge on any atom is 0.315 e. The van der Waals surface area contributed by atoms with E-state index in [1.165, 1.54) is 14.2 Å². The molecule has 28 heavy (non-hydrogen) atoms. The summed E-state index contributed by atoms with van der Waals surface area (Å²) in [5.74, 6) is 0.887. The van der Waals surface area contributed by atoms with Crippen molar-refractivity contribution in [2.24, 2.45) is 0 Å². The molecule has 0 bridgehead atoms. The van der Waals surface area contributed by atoms with Crippen LogP contribution in [-0.4, -0.2) is 44.9 Å². The molecule has 4 N–H and O–H groups in total. The van der Waals surface area contributed by atoms with Gasteiger partial charge in [-0.3, -0.25) is 4.79 Å². The highest BCUT2D eigenvalue weighted by molar-refractivity contribution is 5.94. The summed E-state index contributed by atoms with van der Waals surface area (Å²) in [4.78, 5) is 23.7. The number of methoxy groups -OCH3 is 2. The largest absolute Gasteiger partial charge is 0.497 e. The highest BCUT2D eigenvalue weighted by Crippen LogP contribution is 2.29. The molecule has 2 aromatic rings. The standard InChI is InChI=1S/C20H25N3O5/c1-21-19(25)14-6-4-5-13(9-14)11-22-20(26)23-12-17(24)16-10-15(27-2)7-8-18(16)28-3/h4-10,17,24H,11-12H2,1-3H3,(H,21,25)(H2,22,23,26). The van der Waals surface area contributed by atoms with Gasteiger partial charge in [0.15, 0.2) is 0 Å². The fourth-order valence-electron chi connectivity index (χ4n) is 2.61. The molecule has 0 saturated carbocycles. The van der Waals surface area contributed by atoms with E-state index in [2.05, 4.69) is 16.0 Å². The Labute approximate surface area is 163 Å². The van der Waals surface area contributed by atoms with Crippen LogP contribution in [0.5, 0.6) is 11.5 Å². The van der Waals surface area contributed by atoms with Crippen LogP contribution < -0.4 is 25.4 Å². The molecule has 1 atom stereocenters. The van der Waals surface area contributed by atoms with Gasteiger partial charge in [-0.25, -0.2) is 4.79 Å². The van der Waals surface area contributed by atoms with Crippen molar-refractivity contribution in [3.05, 3.63) is 59.2 Å². The molecule has 0 aliphatic heterocycles. The van der Waals surface area contributed by atoms with Crippen LogP contribution in [0.25, 0.3) is 0 Å². The van der Waals surface area contributed by atoms with Gasteiger partial charge in [0, 0.05) is 31.3 Å². The first kappa shape index (κ1) is 21.0. The molecule has 0 aliphatic rings. The number of hydrogen-bond acceptors (Lipinski definition) is 5. The number of ether oxygens (including phenoxy) is 2. The highest BCUT2D eigenvalue weighted by atomic mass is 16.5. The Hall–Kier alpha value is -3.26. The van der Waals surface area contributed by atoms with Gasteiger partial charge in [0.1, 0.15) is 17.6 Å². The second kappa shape index (κ2) is 10.2. The number of benzene rings is 2. The summed E-state index contributed by atoms with van der Waals surface area (Å²) in [6, 6.07) is 11.6. The van der Waals surface area contributed by atoms with Crippen LogP contribution >= 0.6 is 0 Å². The number of amides is 3. The topological polar surface area (TPSA) is 109 Å². The van der Waals surface area contributed by atoms with Crippen LogP contribution in [0.3, 0.4) is 0 Å². The highest BCUT2D eigenvalue weighted by Gasteiger charge is 2.15. The average Bonchev–Trinajstić information content (AvgIpc) is 2.75. The van der Waals surface area contributed by atoms with Crippen LogP contribution in [0.15, 0.2) is 42.5 Å². The Morgan fingerprint density at radius 1 is 1.07 bits per heavy atom. The van der Waals surface area contributed by atoms with Crippen molar-refractivity contribution in [3.63, 3.8) is 0 Å². The minimum atomic E-state index is -0.965. The molecule has 0 aliphatic carbocycles. The van der Waals surface area contributed by atoms with E-state index >= 15 is 0 Å². The van der Waals surface area contributed by atoms with Crippen molar-refractivity contribution in [3.8, 4) is 11.5 Å². The molecular weight excluding hydrogens is 362 g/mol. The Kier molecular flexibility index (Phi) is 7.65. The van der Waals surface area contributed by atoms with Gasteiger partial charge in [-0.05, 0) is 35.9 Å². The third-order valence-corrected chi connectivity index (χ3v) is 4.12. The third kappa shape index (κ3) is 5.62. The van der Waals surface area contributed by atoms with Crippen molar-refractivity contribution in [1.82, 2.24) is 16.0 Å². The molecular formula is C20H25N3O5. The normalized spacial score (nSPS) is 11.3. The van der Waals surface area contributed by atoms with Crippen molar-refractivity contribution in [2.75, 3.05) is 27.8 Å². The summed E-state index contributed by atoms with van der Waals surface area (Å²) < 4.78 is 10.4. The van der Waals surface area contributed by atoms with E-state index in [0.29, 0.717) is 22.6 Å². The number of nitrogens with one attached hydrogen (secondary N) is 3. The zero-order chi connectivity index (χ0) is 20.5. The molecule has 0 radical (unpaired) electrons. The molecule has 0 saturated heterocycles. The van der Waals surface area contributed by atoms with Gasteiger partial charge in [0.2, 0.25) is 0 Å². The molecule has 0 heterocycles. The minimum Gasteiger partial charge on any atom is -0.497 e. The first-order valence-electron chi connectivity index (χ1n) is 8.71. The van der Waals surface area contributed by atoms with E-state index in [-0.39, 0.29) is 19.0 Å². The van der Waals surface area contributed by atoms with Crippen LogP contribution in [0, 0.1) is 0 Å². The van der Waals surface area contributed by atoms with Gasteiger partial charge >= 0.3 is 6.03 Å². The maximum absolute atomic E-state index is 12.0. The number of rotatable bonds is 8. The van der Waals surface area contributed by atoms with Crippen LogP contribution in [0.2, 0.25) is 0 Å². The van der Waals surface area contributed by atoms with Crippen molar-refractivity contribution in [2.45, 2.75) is 12.6 Å². The number of carbonyl (C=O) groups excluding carboxylic acids is 2. The molecule has 0 fully saturated rings. The zero-order valence-electron chi connectivity index (χ0n) is 16.1. The summed E-state index contributed by atoms with van der Waals surface area (Å²) in [6.07, 6.45) is -0.965. The fraction of sp³-hybridized carbons (Fsp3) is 0.300. The van der Waals surface area contributed by atoms with Gasteiger partial charge in [-0.1, -0.05) is 12.1 Å². The molecule has 8 nitrogen and oxygen atoms in total. The number of hydrogen-bond donors (Lipinski definition) is 4. The van der Waals surface area contributed by atoms with E-state index in [4.69, 9.17) is 9.47 Å². The number of aliphatic hydroxyl groups is 1. The molecule has 8 heteroatoms. The molecule has 2 aromatic carbocycles. The molecule has 150 valence electrons. The molecule has 1 unspecified atom stereocenters. The smallest absolute Gasteiger partial charge is 0.315 e. The van der Waals surface area contributed by atoms with E-state index in [1.807, 2.05) is 6.07 Å². The molecule has 0 spiro atoms. The van der Waals surface area contributed by atoms with E-state index in [1.54, 1.807) is 43.4 Å². The Morgan fingerprint density at radius 2 is 1.86 bits per heavy atom. The molecule has 3 amide bonds. The average molecular weight is 387 g/mol. The van der Waals surface area contributed by atoms with Crippen molar-refractivity contribution >= 4 is 11.9 Å². The monoisotopic (exact) mass is 387 g/mol.